The predicted octanol–water partition coefficient (Wildman–Crippen LogP) is 1.94. The molecule has 1 nitrogen and oxygen atoms in total. The van der Waals surface area contributed by atoms with Crippen LogP contribution in [-0.2, 0) is 0 Å². The zero-order valence-electron chi connectivity index (χ0n) is 7.51. The zero-order chi connectivity index (χ0) is 8.27. The van der Waals surface area contributed by atoms with E-state index in [1.165, 1.54) is 19.3 Å². The molecule has 66 valence electrons. The molecule has 0 spiro atoms. The van der Waals surface area contributed by atoms with Crippen molar-refractivity contribution in [3.63, 3.8) is 0 Å². The highest BCUT2D eigenvalue weighted by Crippen LogP contribution is 2.29. The Morgan fingerprint density at radius 1 is 1.45 bits per heavy atom. The van der Waals surface area contributed by atoms with Gasteiger partial charge in [-0.1, -0.05) is 6.92 Å². The average Bonchev–Trinajstić information content (AvgIpc) is 2.04. The minimum atomic E-state index is 0.756. The molecule has 1 rings (SSSR count). The molecule has 0 aromatic heterocycles. The van der Waals surface area contributed by atoms with E-state index < -0.39 is 0 Å². The first-order valence-electron chi connectivity index (χ1n) is 4.56. The van der Waals surface area contributed by atoms with Crippen LogP contribution in [0.4, 0.5) is 0 Å². The van der Waals surface area contributed by atoms with Crippen molar-refractivity contribution in [2.24, 2.45) is 11.8 Å². The molecule has 3 atom stereocenters. The van der Waals surface area contributed by atoms with Crippen molar-refractivity contribution in [2.45, 2.75) is 32.2 Å². The van der Waals surface area contributed by atoms with Gasteiger partial charge in [-0.15, -0.1) is 0 Å². The topological polar surface area (TPSA) is 12.0 Å². The fourth-order valence-corrected chi connectivity index (χ4v) is 2.43. The van der Waals surface area contributed by atoms with Crippen molar-refractivity contribution < 1.29 is 0 Å². The highest BCUT2D eigenvalue weighted by molar-refractivity contribution is 7.80. The summed E-state index contributed by atoms with van der Waals surface area (Å²) in [6, 6.07) is 0.756. The molecule has 0 saturated heterocycles. The lowest BCUT2D eigenvalue weighted by Crippen LogP contribution is -2.37. The molecule has 1 saturated carbocycles. The molecule has 0 amide bonds. The van der Waals surface area contributed by atoms with Crippen LogP contribution in [0.5, 0.6) is 0 Å². The minimum Gasteiger partial charge on any atom is -0.317 e. The second-order valence-corrected chi connectivity index (χ2v) is 4.10. The first kappa shape index (κ1) is 9.40. The number of hydrogen-bond donors (Lipinski definition) is 2. The van der Waals surface area contributed by atoms with Crippen LogP contribution in [0.1, 0.15) is 26.2 Å². The smallest absolute Gasteiger partial charge is 0.00899 e. The van der Waals surface area contributed by atoms with Gasteiger partial charge >= 0.3 is 0 Å². The van der Waals surface area contributed by atoms with Crippen LogP contribution in [0.15, 0.2) is 0 Å². The van der Waals surface area contributed by atoms with Crippen LogP contribution in [-0.4, -0.2) is 18.8 Å². The third kappa shape index (κ3) is 2.38. The molecule has 0 heterocycles. The molecule has 0 aromatic rings. The van der Waals surface area contributed by atoms with E-state index in [0.29, 0.717) is 0 Å². The summed E-state index contributed by atoms with van der Waals surface area (Å²) in [6.07, 6.45) is 4.05. The molecule has 0 aliphatic heterocycles. The van der Waals surface area contributed by atoms with Crippen molar-refractivity contribution >= 4 is 12.6 Å². The number of nitrogens with one attached hydrogen (secondary N) is 1. The van der Waals surface area contributed by atoms with Gasteiger partial charge in [0.15, 0.2) is 0 Å². The molecule has 0 aromatic carbocycles. The van der Waals surface area contributed by atoms with Crippen molar-refractivity contribution in [2.75, 3.05) is 12.8 Å². The van der Waals surface area contributed by atoms with Crippen LogP contribution in [0.25, 0.3) is 0 Å². The average molecular weight is 173 g/mol. The second-order valence-electron chi connectivity index (χ2n) is 3.73. The largest absolute Gasteiger partial charge is 0.317 e. The maximum atomic E-state index is 4.34. The van der Waals surface area contributed by atoms with E-state index in [0.717, 1.165) is 23.6 Å². The maximum Gasteiger partial charge on any atom is 0.00899 e. The van der Waals surface area contributed by atoms with Crippen molar-refractivity contribution in [3.8, 4) is 0 Å². The van der Waals surface area contributed by atoms with Gasteiger partial charge in [0.2, 0.25) is 0 Å². The Labute approximate surface area is 75.4 Å². The van der Waals surface area contributed by atoms with Crippen LogP contribution in [0.3, 0.4) is 0 Å². The summed E-state index contributed by atoms with van der Waals surface area (Å²) >= 11 is 4.34. The molecule has 3 unspecified atom stereocenters. The van der Waals surface area contributed by atoms with Crippen LogP contribution >= 0.6 is 12.6 Å². The Kier molecular flexibility index (Phi) is 3.73. The van der Waals surface area contributed by atoms with Gasteiger partial charge < -0.3 is 5.32 Å². The number of thiol groups is 1. The summed E-state index contributed by atoms with van der Waals surface area (Å²) in [5.74, 6) is 2.78. The minimum absolute atomic E-state index is 0.756. The monoisotopic (exact) mass is 173 g/mol. The van der Waals surface area contributed by atoms with Crippen LogP contribution in [0.2, 0.25) is 0 Å². The van der Waals surface area contributed by atoms with Crippen LogP contribution < -0.4 is 5.32 Å². The lowest BCUT2D eigenvalue weighted by atomic mass is 9.80. The van der Waals surface area contributed by atoms with Crippen molar-refractivity contribution in [1.82, 2.24) is 5.32 Å². The SMILES string of the molecule is CNC1CCC(CS)CC1C. The lowest BCUT2D eigenvalue weighted by Gasteiger charge is -2.33. The van der Waals surface area contributed by atoms with Gasteiger partial charge in [0.25, 0.3) is 0 Å². The Bertz CT molecular complexity index is 116. The van der Waals surface area contributed by atoms with E-state index >= 15 is 0 Å². The summed E-state index contributed by atoms with van der Waals surface area (Å²) in [5, 5.41) is 3.37. The second kappa shape index (κ2) is 4.36. The van der Waals surface area contributed by atoms with Gasteiger partial charge in [-0.2, -0.15) is 12.6 Å². The Balaban J connectivity index is 2.34. The van der Waals surface area contributed by atoms with Crippen molar-refractivity contribution in [1.29, 1.82) is 0 Å². The van der Waals surface area contributed by atoms with Gasteiger partial charge in [0, 0.05) is 6.04 Å². The summed E-state index contributed by atoms with van der Waals surface area (Å²) in [7, 11) is 2.07. The normalized spacial score (nSPS) is 39.0. The highest BCUT2D eigenvalue weighted by atomic mass is 32.1. The van der Waals surface area contributed by atoms with Crippen molar-refractivity contribution in [3.05, 3.63) is 0 Å². The Morgan fingerprint density at radius 2 is 2.18 bits per heavy atom. The summed E-state index contributed by atoms with van der Waals surface area (Å²) in [5.41, 5.74) is 0. The van der Waals surface area contributed by atoms with E-state index in [1.807, 2.05) is 0 Å². The molecule has 2 heteroatoms. The highest BCUT2D eigenvalue weighted by Gasteiger charge is 2.25. The molecule has 0 bridgehead atoms. The van der Waals surface area contributed by atoms with E-state index in [9.17, 15) is 0 Å². The van der Waals surface area contributed by atoms with E-state index in [2.05, 4.69) is 31.9 Å². The van der Waals surface area contributed by atoms with Gasteiger partial charge in [-0.3, -0.25) is 0 Å². The van der Waals surface area contributed by atoms with Gasteiger partial charge in [-0.05, 0) is 43.9 Å². The van der Waals surface area contributed by atoms with E-state index in [-0.39, 0.29) is 0 Å². The standard InChI is InChI=1S/C9H19NS/c1-7-5-8(6-11)3-4-9(7)10-2/h7-11H,3-6H2,1-2H3. The predicted molar refractivity (Wildman–Crippen MR) is 53.2 cm³/mol. The molecular weight excluding hydrogens is 154 g/mol. The fraction of sp³-hybridized carbons (Fsp3) is 1.00. The first-order chi connectivity index (χ1) is 5.27. The fourth-order valence-electron chi connectivity index (χ4n) is 2.10. The maximum absolute atomic E-state index is 4.34. The molecule has 1 fully saturated rings. The lowest BCUT2D eigenvalue weighted by molar-refractivity contribution is 0.240. The summed E-state index contributed by atoms with van der Waals surface area (Å²) < 4.78 is 0. The van der Waals surface area contributed by atoms with E-state index in [1.54, 1.807) is 0 Å². The molecule has 1 aliphatic carbocycles. The Hall–Kier alpha value is 0.310. The van der Waals surface area contributed by atoms with Gasteiger partial charge in [0.05, 0.1) is 0 Å². The summed E-state index contributed by atoms with van der Waals surface area (Å²) in [6.45, 7) is 2.34. The molecule has 11 heavy (non-hydrogen) atoms. The molecule has 0 radical (unpaired) electrons. The summed E-state index contributed by atoms with van der Waals surface area (Å²) in [4.78, 5) is 0. The first-order valence-corrected chi connectivity index (χ1v) is 5.19. The number of hydrogen-bond acceptors (Lipinski definition) is 2. The quantitative estimate of drug-likeness (QED) is 0.608. The Morgan fingerprint density at radius 3 is 2.64 bits per heavy atom. The molecule has 1 N–H and O–H groups in total. The van der Waals surface area contributed by atoms with Crippen LogP contribution in [0, 0.1) is 11.8 Å². The molecular formula is C9H19NS. The van der Waals surface area contributed by atoms with E-state index in [4.69, 9.17) is 0 Å². The van der Waals surface area contributed by atoms with Gasteiger partial charge in [0.1, 0.15) is 0 Å². The van der Waals surface area contributed by atoms with Gasteiger partial charge in [-0.25, -0.2) is 0 Å². The number of rotatable bonds is 2. The third-order valence-corrected chi connectivity index (χ3v) is 3.42. The zero-order valence-corrected chi connectivity index (χ0v) is 8.40. The third-order valence-electron chi connectivity index (χ3n) is 2.91. The molecule has 1 aliphatic rings.